The van der Waals surface area contributed by atoms with Crippen molar-refractivity contribution in [3.8, 4) is 0 Å². The molecule has 42 valence electrons. The summed E-state index contributed by atoms with van der Waals surface area (Å²) in [6.07, 6.45) is -1.83. The third-order valence-corrected chi connectivity index (χ3v) is 0. The summed E-state index contributed by atoms with van der Waals surface area (Å²) in [5.74, 6) is 0. The smallest absolute Gasteiger partial charge is 0.450 e. The summed E-state index contributed by atoms with van der Waals surface area (Å²) < 4.78 is 0. The standard InChI is InChI=1S/CH2O3.2Ir/c2-1(3)4;;/h(H2,2,3,4);;. The van der Waals surface area contributed by atoms with Crippen molar-refractivity contribution in [3.05, 3.63) is 0 Å². The maximum atomic E-state index is 8.56. The van der Waals surface area contributed by atoms with Gasteiger partial charge in [0.1, 0.15) is 0 Å². The second-order valence-electron chi connectivity index (χ2n) is 0.283. The first kappa shape index (κ1) is 16.0. The Balaban J connectivity index is -0.0000000450. The first-order valence-corrected chi connectivity index (χ1v) is 0.651. The number of carboxylic acid groups (broad SMARTS) is 2. The average Bonchev–Trinajstić information content (AvgIpc) is 0.811. The Hall–Kier alpha value is 0.569. The number of carbonyl (C=O) groups is 1. The van der Waals surface area contributed by atoms with Crippen LogP contribution in [0, 0.1) is 0 Å². The maximum absolute atomic E-state index is 8.56. The molecule has 0 saturated carbocycles. The Bertz CT molecular complexity index is 31.8. The molecule has 0 bridgehead atoms. The molecule has 5 heteroatoms. The Labute approximate surface area is 61.4 Å². The first-order valence-electron chi connectivity index (χ1n) is 0.651. The summed E-state index contributed by atoms with van der Waals surface area (Å²) in [5, 5.41) is 13.9. The van der Waals surface area contributed by atoms with Gasteiger partial charge in [0.25, 0.3) is 0 Å². The van der Waals surface area contributed by atoms with E-state index >= 15 is 0 Å². The minimum atomic E-state index is -1.83. The third-order valence-electron chi connectivity index (χ3n) is 0. The summed E-state index contributed by atoms with van der Waals surface area (Å²) in [7, 11) is 0. The second kappa shape index (κ2) is 9.13. The van der Waals surface area contributed by atoms with E-state index in [1.54, 1.807) is 0 Å². The van der Waals surface area contributed by atoms with Crippen molar-refractivity contribution in [2.24, 2.45) is 0 Å². The van der Waals surface area contributed by atoms with Gasteiger partial charge in [-0.1, -0.05) is 0 Å². The predicted molar refractivity (Wildman–Crippen MR) is 10.7 cm³/mol. The Morgan fingerprint density at radius 3 is 1.17 bits per heavy atom. The van der Waals surface area contributed by atoms with Crippen molar-refractivity contribution in [1.29, 1.82) is 0 Å². The third kappa shape index (κ3) is 180. The van der Waals surface area contributed by atoms with Crippen LogP contribution in [-0.2, 0) is 40.2 Å². The zero-order valence-electron chi connectivity index (χ0n) is 2.47. The molecular weight excluding hydrogens is 444 g/mol. The number of hydrogen-bond donors (Lipinski definition) is 2. The summed E-state index contributed by atoms with van der Waals surface area (Å²) in [4.78, 5) is 8.56. The summed E-state index contributed by atoms with van der Waals surface area (Å²) in [5.41, 5.74) is 0. The molecule has 3 nitrogen and oxygen atoms in total. The predicted octanol–water partition coefficient (Wildman–Crippen LogP) is 0.217. The molecule has 0 aliphatic carbocycles. The quantitative estimate of drug-likeness (QED) is 0.560. The van der Waals surface area contributed by atoms with Crippen molar-refractivity contribution in [1.82, 2.24) is 0 Å². The molecule has 2 N–H and O–H groups in total. The molecule has 0 rings (SSSR count). The van der Waals surface area contributed by atoms with E-state index in [1.165, 1.54) is 0 Å². The Kier molecular flexibility index (Phi) is 24.3. The summed E-state index contributed by atoms with van der Waals surface area (Å²) in [6, 6.07) is 0. The molecule has 0 spiro atoms. The Morgan fingerprint density at radius 2 is 1.17 bits per heavy atom. The van der Waals surface area contributed by atoms with Gasteiger partial charge >= 0.3 is 6.16 Å². The fourth-order valence-electron chi connectivity index (χ4n) is 0. The van der Waals surface area contributed by atoms with Crippen LogP contribution in [0.2, 0.25) is 0 Å². The van der Waals surface area contributed by atoms with Gasteiger partial charge in [-0.25, -0.2) is 4.79 Å². The largest absolute Gasteiger partial charge is 0.503 e. The van der Waals surface area contributed by atoms with Gasteiger partial charge < -0.3 is 10.2 Å². The van der Waals surface area contributed by atoms with Crippen LogP contribution in [0.1, 0.15) is 0 Å². The molecule has 2 radical (unpaired) electrons. The minimum Gasteiger partial charge on any atom is -0.450 e. The molecule has 0 heterocycles. The molecule has 0 aromatic carbocycles. The maximum Gasteiger partial charge on any atom is 0.503 e. The van der Waals surface area contributed by atoms with E-state index in [1.807, 2.05) is 0 Å². The van der Waals surface area contributed by atoms with Crippen LogP contribution in [-0.4, -0.2) is 16.4 Å². The van der Waals surface area contributed by atoms with Gasteiger partial charge in [-0.3, -0.25) is 0 Å². The molecule has 0 aromatic rings. The van der Waals surface area contributed by atoms with Crippen molar-refractivity contribution in [2.75, 3.05) is 0 Å². The molecule has 0 fully saturated rings. The zero-order chi connectivity index (χ0) is 3.58. The molecule has 0 aromatic heterocycles. The van der Waals surface area contributed by atoms with Gasteiger partial charge in [-0.05, 0) is 0 Å². The van der Waals surface area contributed by atoms with Crippen LogP contribution in [0.25, 0.3) is 0 Å². The van der Waals surface area contributed by atoms with Crippen LogP contribution < -0.4 is 0 Å². The van der Waals surface area contributed by atoms with Crippen molar-refractivity contribution >= 4 is 6.16 Å². The number of rotatable bonds is 0. The van der Waals surface area contributed by atoms with E-state index in [4.69, 9.17) is 15.0 Å². The summed E-state index contributed by atoms with van der Waals surface area (Å²) in [6.45, 7) is 0. The molecule has 0 atom stereocenters. The van der Waals surface area contributed by atoms with Crippen LogP contribution in [0.15, 0.2) is 0 Å². The van der Waals surface area contributed by atoms with Gasteiger partial charge in [-0.15, -0.1) is 0 Å². The van der Waals surface area contributed by atoms with E-state index in [0.717, 1.165) is 0 Å². The molecule has 0 aliphatic rings. The fraction of sp³-hybridized carbons (Fsp3) is 0. The van der Waals surface area contributed by atoms with Gasteiger partial charge in [0.2, 0.25) is 0 Å². The van der Waals surface area contributed by atoms with E-state index in [9.17, 15) is 0 Å². The van der Waals surface area contributed by atoms with Crippen LogP contribution in [0.5, 0.6) is 0 Å². The SMILES string of the molecule is O=C(O)O.[Ir].[Ir]. The van der Waals surface area contributed by atoms with Crippen molar-refractivity contribution in [3.63, 3.8) is 0 Å². The Morgan fingerprint density at radius 1 is 1.17 bits per heavy atom. The van der Waals surface area contributed by atoms with E-state index in [-0.39, 0.29) is 40.2 Å². The number of hydrogen-bond acceptors (Lipinski definition) is 1. The topological polar surface area (TPSA) is 57.5 Å². The second-order valence-corrected chi connectivity index (χ2v) is 0.283. The zero-order valence-corrected chi connectivity index (χ0v) is 7.26. The minimum absolute atomic E-state index is 0. The molecule has 0 aliphatic heterocycles. The van der Waals surface area contributed by atoms with Gasteiger partial charge in [0, 0.05) is 40.2 Å². The fourth-order valence-corrected chi connectivity index (χ4v) is 0. The van der Waals surface area contributed by atoms with E-state index in [2.05, 4.69) is 0 Å². The molecule has 0 amide bonds. The molecule has 6 heavy (non-hydrogen) atoms. The van der Waals surface area contributed by atoms with E-state index in [0.29, 0.717) is 0 Å². The van der Waals surface area contributed by atoms with Crippen LogP contribution >= 0.6 is 0 Å². The summed E-state index contributed by atoms with van der Waals surface area (Å²) >= 11 is 0. The van der Waals surface area contributed by atoms with Gasteiger partial charge in [0.05, 0.1) is 0 Å². The normalized spacial score (nSPS) is 4.00. The average molecular weight is 446 g/mol. The van der Waals surface area contributed by atoms with Crippen LogP contribution in [0.3, 0.4) is 0 Å². The molecular formula is CH2Ir2O3. The first-order chi connectivity index (χ1) is 1.73. The van der Waals surface area contributed by atoms with Crippen molar-refractivity contribution < 1.29 is 55.2 Å². The van der Waals surface area contributed by atoms with Crippen molar-refractivity contribution in [2.45, 2.75) is 0 Å². The molecule has 0 unspecified atom stereocenters. The van der Waals surface area contributed by atoms with E-state index < -0.39 is 6.16 Å². The van der Waals surface area contributed by atoms with Crippen LogP contribution in [0.4, 0.5) is 4.79 Å². The monoisotopic (exact) mass is 448 g/mol. The van der Waals surface area contributed by atoms with Gasteiger partial charge in [-0.2, -0.15) is 0 Å². The van der Waals surface area contributed by atoms with Gasteiger partial charge in [0.15, 0.2) is 0 Å². The molecule has 0 saturated heterocycles.